The maximum atomic E-state index is 5.64. The number of hydrogen-bond donors (Lipinski definition) is 0. The van der Waals surface area contributed by atoms with Crippen molar-refractivity contribution in [1.29, 1.82) is 0 Å². The molecule has 0 aliphatic rings. The van der Waals surface area contributed by atoms with Crippen LogP contribution in [-0.2, 0) is 13.2 Å². The van der Waals surface area contributed by atoms with Crippen molar-refractivity contribution in [2.45, 2.75) is 33.4 Å². The molecule has 0 amide bonds. The third-order valence-corrected chi connectivity index (χ3v) is 2.36. The minimum absolute atomic E-state index is 0.361. The predicted octanol–water partition coefficient (Wildman–Crippen LogP) is 1.37. The molecule has 0 aliphatic carbocycles. The lowest BCUT2D eigenvalue weighted by Crippen LogP contribution is -2.09. The topological polar surface area (TPSA) is 65.7 Å². The van der Waals surface area contributed by atoms with Gasteiger partial charge in [-0.15, -0.1) is 5.10 Å². The maximum absolute atomic E-state index is 5.64. The highest BCUT2D eigenvalue weighted by atomic mass is 16.5. The van der Waals surface area contributed by atoms with Crippen LogP contribution in [0.5, 0.6) is 5.75 Å². The Morgan fingerprint density at radius 3 is 3.06 bits per heavy atom. The number of hydrogen-bond acceptors (Lipinski definition) is 5. The van der Waals surface area contributed by atoms with Crippen LogP contribution in [0.4, 0.5) is 0 Å². The van der Waals surface area contributed by atoms with Gasteiger partial charge in [-0.3, -0.25) is 4.98 Å². The summed E-state index contributed by atoms with van der Waals surface area (Å²) in [6, 6.07) is 3.73. The molecule has 2 heterocycles. The second kappa shape index (κ2) is 5.38. The van der Waals surface area contributed by atoms with Crippen molar-refractivity contribution in [2.24, 2.45) is 0 Å². The van der Waals surface area contributed by atoms with Crippen LogP contribution in [0.3, 0.4) is 0 Å². The van der Waals surface area contributed by atoms with Gasteiger partial charge in [0.2, 0.25) is 0 Å². The van der Waals surface area contributed by atoms with Crippen molar-refractivity contribution in [3.05, 3.63) is 29.8 Å². The van der Waals surface area contributed by atoms with Crippen LogP contribution in [-0.4, -0.2) is 25.2 Å². The molecule has 2 rings (SSSR count). The fourth-order valence-electron chi connectivity index (χ4n) is 1.48. The number of aromatic nitrogens is 5. The van der Waals surface area contributed by atoms with Crippen molar-refractivity contribution in [2.75, 3.05) is 0 Å². The van der Waals surface area contributed by atoms with Gasteiger partial charge in [0, 0.05) is 12.7 Å². The molecule has 2 aromatic rings. The van der Waals surface area contributed by atoms with Crippen molar-refractivity contribution < 1.29 is 4.74 Å². The number of nitrogens with zero attached hydrogens (tertiary/aromatic N) is 5. The van der Waals surface area contributed by atoms with Crippen molar-refractivity contribution in [3.8, 4) is 5.75 Å². The molecular weight excluding hydrogens is 218 g/mol. The standard InChI is InChI=1S/C11H15N5O/c1-3-7-16-11(13-14-15-16)8-17-10-5-4-6-12-9(10)2/h4-6H,3,7-8H2,1-2H3. The van der Waals surface area contributed by atoms with Gasteiger partial charge in [-0.25, -0.2) is 4.68 Å². The SMILES string of the molecule is CCCn1nnnc1COc1cccnc1C. The van der Waals surface area contributed by atoms with E-state index in [-0.39, 0.29) is 0 Å². The highest BCUT2D eigenvalue weighted by Gasteiger charge is 2.07. The second-order valence-corrected chi connectivity index (χ2v) is 3.69. The third kappa shape index (κ3) is 2.77. The van der Waals surface area contributed by atoms with Crippen LogP contribution in [0.15, 0.2) is 18.3 Å². The van der Waals surface area contributed by atoms with E-state index in [1.54, 1.807) is 10.9 Å². The maximum Gasteiger partial charge on any atom is 0.189 e. The van der Waals surface area contributed by atoms with E-state index in [1.807, 2.05) is 19.1 Å². The highest BCUT2D eigenvalue weighted by molar-refractivity contribution is 5.25. The Balaban J connectivity index is 2.02. The summed E-state index contributed by atoms with van der Waals surface area (Å²) < 4.78 is 7.40. The predicted molar refractivity (Wildman–Crippen MR) is 61.4 cm³/mol. The highest BCUT2D eigenvalue weighted by Crippen LogP contribution is 2.14. The molecule has 0 atom stereocenters. The zero-order valence-corrected chi connectivity index (χ0v) is 10.00. The number of aryl methyl sites for hydroxylation is 2. The first kappa shape index (κ1) is 11.5. The molecule has 0 fully saturated rings. The van der Waals surface area contributed by atoms with E-state index in [0.717, 1.165) is 30.2 Å². The summed E-state index contributed by atoms with van der Waals surface area (Å²) in [5, 5.41) is 11.5. The zero-order chi connectivity index (χ0) is 12.1. The van der Waals surface area contributed by atoms with Gasteiger partial charge in [0.1, 0.15) is 12.4 Å². The van der Waals surface area contributed by atoms with Crippen LogP contribution in [0, 0.1) is 6.92 Å². The Morgan fingerprint density at radius 2 is 2.29 bits per heavy atom. The summed E-state index contributed by atoms with van der Waals surface area (Å²) in [7, 11) is 0. The largest absolute Gasteiger partial charge is 0.484 e. The van der Waals surface area contributed by atoms with Gasteiger partial charge < -0.3 is 4.74 Å². The molecule has 6 heteroatoms. The molecule has 0 N–H and O–H groups in total. The molecule has 6 nitrogen and oxygen atoms in total. The molecule has 17 heavy (non-hydrogen) atoms. The second-order valence-electron chi connectivity index (χ2n) is 3.69. The minimum atomic E-state index is 0.361. The summed E-state index contributed by atoms with van der Waals surface area (Å²) in [6.45, 7) is 5.15. The van der Waals surface area contributed by atoms with E-state index in [2.05, 4.69) is 27.4 Å². The van der Waals surface area contributed by atoms with Gasteiger partial charge in [-0.2, -0.15) is 0 Å². The monoisotopic (exact) mass is 233 g/mol. The Morgan fingerprint density at radius 1 is 1.41 bits per heavy atom. The van der Waals surface area contributed by atoms with E-state index in [0.29, 0.717) is 6.61 Å². The quantitative estimate of drug-likeness (QED) is 0.780. The lowest BCUT2D eigenvalue weighted by atomic mass is 10.3. The average molecular weight is 233 g/mol. The fourth-order valence-corrected chi connectivity index (χ4v) is 1.48. The molecule has 0 radical (unpaired) electrons. The Hall–Kier alpha value is -1.98. The van der Waals surface area contributed by atoms with Gasteiger partial charge in [-0.1, -0.05) is 6.92 Å². The molecule has 0 saturated carbocycles. The fraction of sp³-hybridized carbons (Fsp3) is 0.455. The molecular formula is C11H15N5O. The summed E-state index contributed by atoms with van der Waals surface area (Å²) in [4.78, 5) is 4.15. The number of pyridine rings is 1. The first-order chi connectivity index (χ1) is 8.31. The number of ether oxygens (including phenoxy) is 1. The van der Waals surface area contributed by atoms with Gasteiger partial charge in [0.15, 0.2) is 5.82 Å². The van der Waals surface area contributed by atoms with Gasteiger partial charge in [0.05, 0.1) is 5.69 Å². The summed E-state index contributed by atoms with van der Waals surface area (Å²) in [6.07, 6.45) is 2.73. The average Bonchev–Trinajstić information content (AvgIpc) is 2.76. The molecule has 0 spiro atoms. The first-order valence-corrected chi connectivity index (χ1v) is 5.60. The lowest BCUT2D eigenvalue weighted by molar-refractivity contribution is 0.283. The Kier molecular flexibility index (Phi) is 3.64. The normalized spacial score (nSPS) is 10.5. The Labute approximate surface area is 99.6 Å². The molecule has 0 saturated heterocycles. The molecule has 90 valence electrons. The van der Waals surface area contributed by atoms with Crippen LogP contribution in [0.2, 0.25) is 0 Å². The van der Waals surface area contributed by atoms with E-state index < -0.39 is 0 Å². The van der Waals surface area contributed by atoms with Crippen LogP contribution >= 0.6 is 0 Å². The number of rotatable bonds is 5. The van der Waals surface area contributed by atoms with Crippen molar-refractivity contribution >= 4 is 0 Å². The van der Waals surface area contributed by atoms with Crippen LogP contribution in [0.1, 0.15) is 24.9 Å². The van der Waals surface area contributed by atoms with Crippen molar-refractivity contribution in [1.82, 2.24) is 25.2 Å². The van der Waals surface area contributed by atoms with E-state index in [1.165, 1.54) is 0 Å². The number of tetrazole rings is 1. The summed E-state index contributed by atoms with van der Waals surface area (Å²) >= 11 is 0. The Bertz CT molecular complexity index is 482. The minimum Gasteiger partial charge on any atom is -0.484 e. The van der Waals surface area contributed by atoms with E-state index in [9.17, 15) is 0 Å². The zero-order valence-electron chi connectivity index (χ0n) is 10.00. The van der Waals surface area contributed by atoms with Gasteiger partial charge in [0.25, 0.3) is 0 Å². The molecule has 0 aliphatic heterocycles. The van der Waals surface area contributed by atoms with Crippen molar-refractivity contribution in [3.63, 3.8) is 0 Å². The molecule has 2 aromatic heterocycles. The first-order valence-electron chi connectivity index (χ1n) is 5.60. The molecule has 0 unspecified atom stereocenters. The van der Waals surface area contributed by atoms with Crippen LogP contribution in [0.25, 0.3) is 0 Å². The molecule has 0 aromatic carbocycles. The van der Waals surface area contributed by atoms with Gasteiger partial charge >= 0.3 is 0 Å². The van der Waals surface area contributed by atoms with Crippen LogP contribution < -0.4 is 4.74 Å². The van der Waals surface area contributed by atoms with E-state index in [4.69, 9.17) is 4.74 Å². The summed E-state index contributed by atoms with van der Waals surface area (Å²) in [5.41, 5.74) is 0.863. The van der Waals surface area contributed by atoms with Gasteiger partial charge in [-0.05, 0) is 35.9 Å². The lowest BCUT2D eigenvalue weighted by Gasteiger charge is -2.07. The molecule has 0 bridgehead atoms. The van der Waals surface area contributed by atoms with E-state index >= 15 is 0 Å². The third-order valence-electron chi connectivity index (χ3n) is 2.36. The smallest absolute Gasteiger partial charge is 0.189 e. The summed E-state index contributed by atoms with van der Waals surface area (Å²) in [5.74, 6) is 1.49.